The number of carbonyl (C=O) groups excluding carboxylic acids is 1. The van der Waals surface area contributed by atoms with Crippen LogP contribution >= 0.6 is 11.6 Å². The van der Waals surface area contributed by atoms with E-state index in [1.165, 1.54) is 0 Å². The number of hydrogen-bond acceptors (Lipinski definition) is 2. The molecule has 0 aliphatic rings. The number of carbonyl (C=O) groups is 1. The quantitative estimate of drug-likeness (QED) is 0.896. The van der Waals surface area contributed by atoms with Gasteiger partial charge in [-0.25, -0.2) is 0 Å². The molecule has 0 saturated carbocycles. The zero-order valence-electron chi connectivity index (χ0n) is 12.0. The third-order valence-electron chi connectivity index (χ3n) is 3.21. The highest BCUT2D eigenvalue weighted by atomic mass is 35.5. The number of rotatable bonds is 4. The average Bonchev–Trinajstić information content (AvgIpc) is 2.49. The van der Waals surface area contributed by atoms with Crippen LogP contribution in [0.4, 0.5) is 5.69 Å². The fraction of sp³-hybridized carbons (Fsp3) is 0.235. The fourth-order valence-electron chi connectivity index (χ4n) is 1.97. The molecule has 2 aromatic rings. The molecule has 1 atom stereocenters. The second-order valence-corrected chi connectivity index (χ2v) is 5.63. The molecule has 0 unspecified atom stereocenters. The zero-order chi connectivity index (χ0) is 15.4. The molecule has 2 aromatic carbocycles. The summed E-state index contributed by atoms with van der Waals surface area (Å²) in [5, 5.41) is 13.9. The number of anilines is 1. The number of amides is 1. The van der Waals surface area contributed by atoms with E-state index in [1.54, 1.807) is 18.2 Å². The predicted octanol–water partition coefficient (Wildman–Crippen LogP) is 4.02. The van der Waals surface area contributed by atoms with E-state index in [0.717, 1.165) is 5.56 Å². The summed E-state index contributed by atoms with van der Waals surface area (Å²) in [5.41, 5.74) is 1.91. The molecule has 0 heterocycles. The Balaban J connectivity index is 2.37. The summed E-state index contributed by atoms with van der Waals surface area (Å²) in [7, 11) is 0. The molecular formula is C17H18ClNO2. The number of hydrogen-bond donors (Lipinski definition) is 2. The van der Waals surface area contributed by atoms with Gasteiger partial charge in [-0.3, -0.25) is 4.79 Å². The van der Waals surface area contributed by atoms with E-state index < -0.39 is 6.10 Å². The van der Waals surface area contributed by atoms with Gasteiger partial charge in [-0.2, -0.15) is 0 Å². The van der Waals surface area contributed by atoms with Crippen LogP contribution in [0, 0.1) is 5.92 Å². The minimum Gasteiger partial charge on any atom is -0.384 e. The van der Waals surface area contributed by atoms with Gasteiger partial charge < -0.3 is 10.4 Å². The first kappa shape index (κ1) is 15.5. The molecule has 3 nitrogen and oxygen atoms in total. The molecule has 21 heavy (non-hydrogen) atoms. The van der Waals surface area contributed by atoms with Gasteiger partial charge in [0.25, 0.3) is 0 Å². The molecule has 0 aliphatic carbocycles. The Morgan fingerprint density at radius 2 is 1.81 bits per heavy atom. The normalized spacial score (nSPS) is 12.2. The number of aliphatic hydroxyl groups is 1. The van der Waals surface area contributed by atoms with Crippen molar-refractivity contribution in [3.63, 3.8) is 0 Å². The lowest BCUT2D eigenvalue weighted by molar-refractivity contribution is -0.118. The standard InChI is InChI=1S/C17H18ClNO2/c1-11(2)17(21)19-15-9-8-13(18)10-14(15)16(20)12-6-4-3-5-7-12/h3-11,16,20H,1-2H3,(H,19,21)/t16-/m0/s1. The lowest BCUT2D eigenvalue weighted by atomic mass is 9.99. The summed E-state index contributed by atoms with van der Waals surface area (Å²) in [6.07, 6.45) is -0.840. The number of nitrogens with one attached hydrogen (secondary N) is 1. The molecule has 0 bridgehead atoms. The highest BCUT2D eigenvalue weighted by molar-refractivity contribution is 6.30. The average molecular weight is 304 g/mol. The van der Waals surface area contributed by atoms with E-state index in [2.05, 4.69) is 5.32 Å². The van der Waals surface area contributed by atoms with Crippen molar-refractivity contribution in [2.75, 3.05) is 5.32 Å². The van der Waals surface area contributed by atoms with Crippen LogP contribution in [-0.4, -0.2) is 11.0 Å². The van der Waals surface area contributed by atoms with Crippen LogP contribution in [0.3, 0.4) is 0 Å². The summed E-state index contributed by atoms with van der Waals surface area (Å²) in [5.74, 6) is -0.235. The predicted molar refractivity (Wildman–Crippen MR) is 85.4 cm³/mol. The molecule has 0 spiro atoms. The van der Waals surface area contributed by atoms with Gasteiger partial charge >= 0.3 is 0 Å². The molecule has 0 aliphatic heterocycles. The summed E-state index contributed by atoms with van der Waals surface area (Å²) in [4.78, 5) is 11.9. The Bertz CT molecular complexity index is 626. The van der Waals surface area contributed by atoms with Gasteiger partial charge in [-0.1, -0.05) is 55.8 Å². The van der Waals surface area contributed by atoms with E-state index in [0.29, 0.717) is 16.3 Å². The third kappa shape index (κ3) is 3.84. The molecule has 0 fully saturated rings. The molecular weight excluding hydrogens is 286 g/mol. The van der Waals surface area contributed by atoms with E-state index >= 15 is 0 Å². The molecule has 0 radical (unpaired) electrons. The molecule has 1 amide bonds. The molecule has 0 saturated heterocycles. The smallest absolute Gasteiger partial charge is 0.226 e. The van der Waals surface area contributed by atoms with E-state index in [-0.39, 0.29) is 11.8 Å². The van der Waals surface area contributed by atoms with Crippen molar-refractivity contribution in [1.29, 1.82) is 0 Å². The van der Waals surface area contributed by atoms with Crippen LogP contribution in [-0.2, 0) is 4.79 Å². The zero-order valence-corrected chi connectivity index (χ0v) is 12.8. The summed E-state index contributed by atoms with van der Waals surface area (Å²) >= 11 is 6.02. The lowest BCUT2D eigenvalue weighted by Crippen LogP contribution is -2.19. The van der Waals surface area contributed by atoms with Crippen molar-refractivity contribution >= 4 is 23.2 Å². The highest BCUT2D eigenvalue weighted by Crippen LogP contribution is 2.31. The number of halogens is 1. The molecule has 2 N–H and O–H groups in total. The minimum absolute atomic E-state index is 0.0983. The Morgan fingerprint density at radius 1 is 1.14 bits per heavy atom. The molecule has 2 rings (SSSR count). The van der Waals surface area contributed by atoms with Crippen molar-refractivity contribution in [3.8, 4) is 0 Å². The second-order valence-electron chi connectivity index (χ2n) is 5.19. The summed E-state index contributed by atoms with van der Waals surface area (Å²) in [6, 6.07) is 14.3. The van der Waals surface area contributed by atoms with Gasteiger partial charge in [0.05, 0.1) is 0 Å². The maximum Gasteiger partial charge on any atom is 0.226 e. The van der Waals surface area contributed by atoms with Crippen LogP contribution in [0.1, 0.15) is 31.1 Å². The van der Waals surface area contributed by atoms with Crippen LogP contribution in [0.25, 0.3) is 0 Å². The van der Waals surface area contributed by atoms with Crippen molar-refractivity contribution in [1.82, 2.24) is 0 Å². The first-order valence-electron chi connectivity index (χ1n) is 6.82. The summed E-state index contributed by atoms with van der Waals surface area (Å²) < 4.78 is 0. The first-order valence-corrected chi connectivity index (χ1v) is 7.20. The monoisotopic (exact) mass is 303 g/mol. The topological polar surface area (TPSA) is 49.3 Å². The van der Waals surface area contributed by atoms with Crippen LogP contribution in [0.15, 0.2) is 48.5 Å². The minimum atomic E-state index is -0.840. The lowest BCUT2D eigenvalue weighted by Gasteiger charge is -2.18. The van der Waals surface area contributed by atoms with Crippen molar-refractivity contribution in [2.45, 2.75) is 20.0 Å². The second kappa shape index (κ2) is 6.74. The Morgan fingerprint density at radius 3 is 2.43 bits per heavy atom. The van der Waals surface area contributed by atoms with Crippen LogP contribution in [0.5, 0.6) is 0 Å². The highest BCUT2D eigenvalue weighted by Gasteiger charge is 2.17. The molecule has 4 heteroatoms. The first-order chi connectivity index (χ1) is 9.99. The maximum atomic E-state index is 11.9. The number of benzene rings is 2. The van der Waals surface area contributed by atoms with Crippen molar-refractivity contribution < 1.29 is 9.90 Å². The van der Waals surface area contributed by atoms with E-state index in [9.17, 15) is 9.90 Å². The summed E-state index contributed by atoms with van der Waals surface area (Å²) in [6.45, 7) is 3.64. The van der Waals surface area contributed by atoms with Gasteiger partial charge in [-0.05, 0) is 23.8 Å². The van der Waals surface area contributed by atoms with Gasteiger partial charge in [0.1, 0.15) is 6.10 Å². The van der Waals surface area contributed by atoms with E-state index in [4.69, 9.17) is 11.6 Å². The van der Waals surface area contributed by atoms with Gasteiger partial charge in [0.2, 0.25) is 5.91 Å². The largest absolute Gasteiger partial charge is 0.384 e. The Kier molecular flexibility index (Phi) is 4.99. The number of aliphatic hydroxyl groups excluding tert-OH is 1. The van der Waals surface area contributed by atoms with Gasteiger partial charge in [0, 0.05) is 22.2 Å². The van der Waals surface area contributed by atoms with Crippen molar-refractivity contribution in [2.24, 2.45) is 5.92 Å². The molecule has 110 valence electrons. The van der Waals surface area contributed by atoms with Crippen LogP contribution < -0.4 is 5.32 Å². The Hall–Kier alpha value is -1.84. The Labute approximate surface area is 129 Å². The third-order valence-corrected chi connectivity index (χ3v) is 3.44. The van der Waals surface area contributed by atoms with E-state index in [1.807, 2.05) is 44.2 Å². The molecule has 0 aromatic heterocycles. The SMILES string of the molecule is CC(C)C(=O)Nc1ccc(Cl)cc1[C@@H](O)c1ccccc1. The maximum absolute atomic E-state index is 11.9. The van der Waals surface area contributed by atoms with Crippen LogP contribution in [0.2, 0.25) is 5.02 Å². The van der Waals surface area contributed by atoms with Gasteiger partial charge in [-0.15, -0.1) is 0 Å². The van der Waals surface area contributed by atoms with Gasteiger partial charge in [0.15, 0.2) is 0 Å². The van der Waals surface area contributed by atoms with Crippen molar-refractivity contribution in [3.05, 3.63) is 64.7 Å². The fourth-order valence-corrected chi connectivity index (χ4v) is 2.15.